The number of nitrogens with one attached hydrogen (secondary N) is 2. The zero-order chi connectivity index (χ0) is 20.7. The fraction of sp³-hybridized carbons (Fsp3) is 0.238. The van der Waals surface area contributed by atoms with Gasteiger partial charge in [-0.1, -0.05) is 23.4 Å². The van der Waals surface area contributed by atoms with Gasteiger partial charge in [0.25, 0.3) is 5.91 Å². The predicted octanol–water partition coefficient (Wildman–Crippen LogP) is 3.32. The minimum Gasteiger partial charge on any atom is -0.337 e. The molecule has 0 radical (unpaired) electrons. The maximum atomic E-state index is 13.4. The minimum atomic E-state index is -0.911. The van der Waals surface area contributed by atoms with E-state index in [0.29, 0.717) is 40.7 Å². The first-order valence-electron chi connectivity index (χ1n) is 9.64. The molecule has 8 nitrogen and oxygen atoms in total. The standard InChI is InChI=1S/C21H19FN6O2/c1-12-5-6-13(19-26-21(30-27-19)16-9-14(22)10-23-16)8-15(12)25-20(29)17-11-24-18-4-2-3-7-28(17)18/h2-8,11,14,16,23H,9-10H2,1H3,(H,25,29)/t14-,16-/m1/s1. The number of aromatic nitrogens is 4. The number of halogens is 1. The van der Waals surface area contributed by atoms with Crippen molar-refractivity contribution in [1.29, 1.82) is 0 Å². The normalized spacial score (nSPS) is 18.7. The molecule has 1 fully saturated rings. The molecule has 0 bridgehead atoms. The van der Waals surface area contributed by atoms with Crippen molar-refractivity contribution in [2.45, 2.75) is 25.6 Å². The van der Waals surface area contributed by atoms with Crippen LogP contribution in [0.4, 0.5) is 10.1 Å². The summed E-state index contributed by atoms with van der Waals surface area (Å²) in [7, 11) is 0. The third-order valence-electron chi connectivity index (χ3n) is 5.21. The third-order valence-corrected chi connectivity index (χ3v) is 5.21. The lowest BCUT2D eigenvalue weighted by molar-refractivity contribution is 0.102. The lowest BCUT2D eigenvalue weighted by atomic mass is 10.1. The smallest absolute Gasteiger partial charge is 0.274 e. The van der Waals surface area contributed by atoms with Gasteiger partial charge in [-0.15, -0.1) is 0 Å². The van der Waals surface area contributed by atoms with Gasteiger partial charge in [-0.3, -0.25) is 9.20 Å². The molecular formula is C21H19FN6O2. The second-order valence-electron chi connectivity index (χ2n) is 7.31. The molecule has 1 saturated heterocycles. The number of nitrogens with zero attached hydrogens (tertiary/aromatic N) is 4. The summed E-state index contributed by atoms with van der Waals surface area (Å²) in [6.45, 7) is 2.19. The van der Waals surface area contributed by atoms with Gasteiger partial charge in [0, 0.05) is 30.4 Å². The Morgan fingerprint density at radius 3 is 3.07 bits per heavy atom. The number of hydrogen-bond donors (Lipinski definition) is 2. The molecule has 3 aromatic heterocycles. The number of fused-ring (bicyclic) bond motifs is 1. The highest BCUT2D eigenvalue weighted by molar-refractivity contribution is 6.04. The Bertz CT molecular complexity index is 1230. The van der Waals surface area contributed by atoms with Gasteiger partial charge in [0.15, 0.2) is 0 Å². The van der Waals surface area contributed by atoms with E-state index in [-0.39, 0.29) is 18.5 Å². The summed E-state index contributed by atoms with van der Waals surface area (Å²) in [6.07, 6.45) is 2.74. The zero-order valence-electron chi connectivity index (χ0n) is 16.2. The molecule has 152 valence electrons. The van der Waals surface area contributed by atoms with Crippen molar-refractivity contribution >= 4 is 17.2 Å². The Morgan fingerprint density at radius 2 is 2.23 bits per heavy atom. The Labute approximate surface area is 171 Å². The number of alkyl halides is 1. The van der Waals surface area contributed by atoms with E-state index in [0.717, 1.165) is 5.56 Å². The predicted molar refractivity (Wildman–Crippen MR) is 108 cm³/mol. The van der Waals surface area contributed by atoms with Crippen LogP contribution in [0.5, 0.6) is 0 Å². The van der Waals surface area contributed by atoms with Crippen LogP contribution in [0.15, 0.2) is 53.3 Å². The van der Waals surface area contributed by atoms with Crippen LogP contribution >= 0.6 is 0 Å². The molecule has 4 aromatic rings. The summed E-state index contributed by atoms with van der Waals surface area (Å²) in [5.41, 5.74) is 3.35. The Hall–Kier alpha value is -3.59. The second kappa shape index (κ2) is 7.34. The zero-order valence-corrected chi connectivity index (χ0v) is 16.2. The summed E-state index contributed by atoms with van der Waals surface area (Å²) < 4.78 is 20.5. The number of amides is 1. The van der Waals surface area contributed by atoms with Crippen molar-refractivity contribution in [2.75, 3.05) is 11.9 Å². The van der Waals surface area contributed by atoms with Crippen LogP contribution in [0.25, 0.3) is 17.0 Å². The van der Waals surface area contributed by atoms with Crippen LogP contribution in [0.1, 0.15) is 34.4 Å². The van der Waals surface area contributed by atoms with E-state index < -0.39 is 6.17 Å². The van der Waals surface area contributed by atoms with Gasteiger partial charge in [0.05, 0.1) is 12.2 Å². The first-order valence-corrected chi connectivity index (χ1v) is 9.64. The molecule has 9 heteroatoms. The largest absolute Gasteiger partial charge is 0.337 e. The van der Waals surface area contributed by atoms with Crippen LogP contribution in [-0.2, 0) is 0 Å². The van der Waals surface area contributed by atoms with Gasteiger partial charge in [-0.2, -0.15) is 4.98 Å². The first kappa shape index (κ1) is 18.4. The maximum Gasteiger partial charge on any atom is 0.274 e. The van der Waals surface area contributed by atoms with E-state index in [1.807, 2.05) is 37.3 Å². The molecule has 2 N–H and O–H groups in total. The first-order chi connectivity index (χ1) is 14.6. The fourth-order valence-electron chi connectivity index (χ4n) is 3.56. The van der Waals surface area contributed by atoms with Gasteiger partial charge in [-0.25, -0.2) is 9.37 Å². The van der Waals surface area contributed by atoms with Gasteiger partial charge < -0.3 is 15.2 Å². The molecule has 1 aliphatic heterocycles. The van der Waals surface area contributed by atoms with Crippen LogP contribution in [-0.4, -0.2) is 38.1 Å². The minimum absolute atomic E-state index is 0.271. The molecule has 5 rings (SSSR count). The molecular weight excluding hydrogens is 387 g/mol. The third kappa shape index (κ3) is 3.33. The molecule has 0 aliphatic carbocycles. The van der Waals surface area contributed by atoms with Crippen molar-refractivity contribution < 1.29 is 13.7 Å². The lowest BCUT2D eigenvalue weighted by Crippen LogP contribution is -2.15. The van der Waals surface area contributed by atoms with E-state index >= 15 is 0 Å². The average Bonchev–Trinajstić information content (AvgIpc) is 3.48. The summed E-state index contributed by atoms with van der Waals surface area (Å²) in [5.74, 6) is 0.480. The highest BCUT2D eigenvalue weighted by Crippen LogP contribution is 2.28. The highest BCUT2D eigenvalue weighted by Gasteiger charge is 2.29. The van der Waals surface area contributed by atoms with Gasteiger partial charge >= 0.3 is 0 Å². The van der Waals surface area contributed by atoms with Crippen molar-refractivity contribution in [1.82, 2.24) is 24.8 Å². The van der Waals surface area contributed by atoms with Crippen molar-refractivity contribution in [3.8, 4) is 11.4 Å². The Morgan fingerprint density at radius 1 is 1.33 bits per heavy atom. The number of rotatable bonds is 4. The number of carbonyl (C=O) groups is 1. The number of hydrogen-bond acceptors (Lipinski definition) is 6. The summed E-state index contributed by atoms with van der Waals surface area (Å²) >= 11 is 0. The SMILES string of the molecule is Cc1ccc(-c2noc([C@H]3C[C@@H](F)CN3)n2)cc1NC(=O)c1cnc2ccccn12. The van der Waals surface area contributed by atoms with Crippen molar-refractivity contribution in [3.63, 3.8) is 0 Å². The molecule has 0 unspecified atom stereocenters. The van der Waals surface area contributed by atoms with Crippen LogP contribution in [0.3, 0.4) is 0 Å². The molecule has 0 saturated carbocycles. The molecule has 2 atom stereocenters. The summed E-state index contributed by atoms with van der Waals surface area (Å²) in [6, 6.07) is 10.8. The molecule has 30 heavy (non-hydrogen) atoms. The molecule has 4 heterocycles. The van der Waals surface area contributed by atoms with Crippen LogP contribution in [0, 0.1) is 6.92 Å². The number of aryl methyl sites for hydroxylation is 1. The molecule has 1 aliphatic rings. The number of pyridine rings is 1. The van der Waals surface area contributed by atoms with Crippen LogP contribution < -0.4 is 10.6 Å². The number of imidazole rings is 1. The van der Waals surface area contributed by atoms with E-state index in [9.17, 15) is 9.18 Å². The van der Waals surface area contributed by atoms with Gasteiger partial charge in [-0.05, 0) is 30.7 Å². The second-order valence-corrected chi connectivity index (χ2v) is 7.31. The van der Waals surface area contributed by atoms with Crippen molar-refractivity contribution in [3.05, 3.63) is 65.9 Å². The summed E-state index contributed by atoms with van der Waals surface area (Å²) in [5, 5.41) is 9.98. The molecule has 1 aromatic carbocycles. The van der Waals surface area contributed by atoms with Gasteiger partial charge in [0.1, 0.15) is 17.5 Å². The highest BCUT2D eigenvalue weighted by atomic mass is 19.1. The maximum absolute atomic E-state index is 13.4. The van der Waals surface area contributed by atoms with Crippen molar-refractivity contribution in [2.24, 2.45) is 0 Å². The lowest BCUT2D eigenvalue weighted by Gasteiger charge is -2.09. The number of benzene rings is 1. The van der Waals surface area contributed by atoms with Crippen LogP contribution in [0.2, 0.25) is 0 Å². The summed E-state index contributed by atoms with van der Waals surface area (Å²) in [4.78, 5) is 21.5. The number of carbonyl (C=O) groups excluding carboxylic acids is 1. The van der Waals surface area contributed by atoms with E-state index in [1.54, 1.807) is 22.9 Å². The molecule has 0 spiro atoms. The quantitative estimate of drug-likeness (QED) is 0.540. The van der Waals surface area contributed by atoms with E-state index in [2.05, 4.69) is 25.8 Å². The Balaban J connectivity index is 1.40. The topological polar surface area (TPSA) is 97.4 Å². The monoisotopic (exact) mass is 406 g/mol. The average molecular weight is 406 g/mol. The molecule has 1 amide bonds. The number of anilines is 1. The fourth-order valence-corrected chi connectivity index (χ4v) is 3.56. The van der Waals surface area contributed by atoms with E-state index in [4.69, 9.17) is 4.52 Å². The van der Waals surface area contributed by atoms with E-state index in [1.165, 1.54) is 0 Å². The Kier molecular flexibility index (Phi) is 4.51. The van der Waals surface area contributed by atoms with Gasteiger partial charge in [0.2, 0.25) is 11.7 Å².